The number of hydrogen-bond acceptors (Lipinski definition) is 4. The van der Waals surface area contributed by atoms with Gasteiger partial charge in [0.05, 0.1) is 5.70 Å². The molecule has 3 nitrogen and oxygen atoms in total. The SMILES string of the molecule is CSc1cccc(N/C=C(/N)C=O)c1. The Hall–Kier alpha value is -1.42. The van der Waals surface area contributed by atoms with Gasteiger partial charge in [0.25, 0.3) is 0 Å². The molecule has 1 rings (SSSR count). The standard InChI is InChI=1S/C10H12N2OS/c1-14-10-4-2-3-9(5-10)12-6-8(11)7-13/h2-7,12H,11H2,1H3/b8-6+. The number of carbonyl (C=O) groups excluding carboxylic acids is 1. The summed E-state index contributed by atoms with van der Waals surface area (Å²) in [4.78, 5) is 11.4. The maximum absolute atomic E-state index is 10.2. The monoisotopic (exact) mass is 208 g/mol. The third-order valence-electron chi connectivity index (χ3n) is 1.61. The number of carbonyl (C=O) groups is 1. The van der Waals surface area contributed by atoms with Gasteiger partial charge in [-0.05, 0) is 24.5 Å². The zero-order chi connectivity index (χ0) is 10.4. The molecule has 0 spiro atoms. The van der Waals surface area contributed by atoms with Crippen LogP contribution in [0.1, 0.15) is 0 Å². The average Bonchev–Trinajstić information content (AvgIpc) is 2.26. The third kappa shape index (κ3) is 3.14. The molecule has 0 radical (unpaired) electrons. The van der Waals surface area contributed by atoms with E-state index >= 15 is 0 Å². The van der Waals surface area contributed by atoms with Gasteiger partial charge in [0.2, 0.25) is 0 Å². The fourth-order valence-corrected chi connectivity index (χ4v) is 1.37. The zero-order valence-corrected chi connectivity index (χ0v) is 8.67. The lowest BCUT2D eigenvalue weighted by Gasteiger charge is -2.02. The molecule has 0 aliphatic heterocycles. The van der Waals surface area contributed by atoms with Gasteiger partial charge in [-0.15, -0.1) is 11.8 Å². The molecule has 14 heavy (non-hydrogen) atoms. The zero-order valence-electron chi connectivity index (χ0n) is 7.86. The maximum atomic E-state index is 10.2. The van der Waals surface area contributed by atoms with Gasteiger partial charge in [0.1, 0.15) is 0 Å². The quantitative estimate of drug-likeness (QED) is 0.450. The first-order valence-corrected chi connectivity index (χ1v) is 5.30. The molecule has 0 heterocycles. The number of nitrogens with one attached hydrogen (secondary N) is 1. The molecule has 4 heteroatoms. The molecule has 0 fully saturated rings. The van der Waals surface area contributed by atoms with Crippen molar-refractivity contribution in [2.24, 2.45) is 5.73 Å². The topological polar surface area (TPSA) is 55.1 Å². The van der Waals surface area contributed by atoms with E-state index in [1.54, 1.807) is 11.8 Å². The molecule has 1 aromatic rings. The number of anilines is 1. The smallest absolute Gasteiger partial charge is 0.167 e. The number of rotatable bonds is 4. The average molecular weight is 208 g/mol. The summed E-state index contributed by atoms with van der Waals surface area (Å²) in [5.41, 5.74) is 6.42. The van der Waals surface area contributed by atoms with Crippen molar-refractivity contribution in [3.63, 3.8) is 0 Å². The summed E-state index contributed by atoms with van der Waals surface area (Å²) < 4.78 is 0. The van der Waals surface area contributed by atoms with Gasteiger partial charge >= 0.3 is 0 Å². The van der Waals surface area contributed by atoms with E-state index in [2.05, 4.69) is 5.32 Å². The maximum Gasteiger partial charge on any atom is 0.167 e. The first kappa shape index (κ1) is 10.7. The van der Waals surface area contributed by atoms with Crippen LogP contribution in [-0.4, -0.2) is 12.5 Å². The predicted molar refractivity (Wildman–Crippen MR) is 60.2 cm³/mol. The van der Waals surface area contributed by atoms with Crippen molar-refractivity contribution in [2.45, 2.75) is 4.90 Å². The molecule has 3 N–H and O–H groups in total. The van der Waals surface area contributed by atoms with Crippen LogP contribution in [-0.2, 0) is 4.79 Å². The summed E-state index contributed by atoms with van der Waals surface area (Å²) in [7, 11) is 0. The largest absolute Gasteiger partial charge is 0.395 e. The molecule has 0 aromatic heterocycles. The number of benzene rings is 1. The highest BCUT2D eigenvalue weighted by molar-refractivity contribution is 7.98. The summed E-state index contributed by atoms with van der Waals surface area (Å²) in [5, 5.41) is 2.94. The first-order valence-electron chi connectivity index (χ1n) is 4.07. The van der Waals surface area contributed by atoms with Crippen LogP contribution in [0.3, 0.4) is 0 Å². The van der Waals surface area contributed by atoms with Crippen LogP contribution in [0, 0.1) is 0 Å². The molecule has 0 aliphatic rings. The van der Waals surface area contributed by atoms with Crippen molar-refractivity contribution in [3.8, 4) is 0 Å². The number of hydrogen-bond donors (Lipinski definition) is 2. The van der Waals surface area contributed by atoms with Gasteiger partial charge in [0.15, 0.2) is 6.29 Å². The Kier molecular flexibility index (Phi) is 4.07. The van der Waals surface area contributed by atoms with Gasteiger partial charge < -0.3 is 11.1 Å². The van der Waals surface area contributed by atoms with E-state index in [9.17, 15) is 4.79 Å². The number of aldehydes is 1. The van der Waals surface area contributed by atoms with E-state index in [1.165, 1.54) is 6.20 Å². The van der Waals surface area contributed by atoms with E-state index in [0.29, 0.717) is 6.29 Å². The summed E-state index contributed by atoms with van der Waals surface area (Å²) in [6, 6.07) is 7.86. The summed E-state index contributed by atoms with van der Waals surface area (Å²) in [6.07, 6.45) is 4.09. The van der Waals surface area contributed by atoms with E-state index in [-0.39, 0.29) is 5.70 Å². The fraction of sp³-hybridized carbons (Fsp3) is 0.100. The fourth-order valence-electron chi connectivity index (χ4n) is 0.914. The Balaban J connectivity index is 2.72. The van der Waals surface area contributed by atoms with Gasteiger partial charge in [0, 0.05) is 16.8 Å². The molecular weight excluding hydrogens is 196 g/mol. The second-order valence-electron chi connectivity index (χ2n) is 2.64. The van der Waals surface area contributed by atoms with Crippen LogP contribution in [0.15, 0.2) is 41.1 Å². The van der Waals surface area contributed by atoms with Crippen LogP contribution in [0.5, 0.6) is 0 Å². The normalized spacial score (nSPS) is 11.1. The van der Waals surface area contributed by atoms with Crippen LogP contribution >= 0.6 is 11.8 Å². The van der Waals surface area contributed by atoms with Gasteiger partial charge in [-0.1, -0.05) is 6.07 Å². The van der Waals surface area contributed by atoms with Crippen LogP contribution < -0.4 is 11.1 Å². The molecule has 0 saturated heterocycles. The predicted octanol–water partition coefficient (Wildman–Crippen LogP) is 1.82. The van der Waals surface area contributed by atoms with Gasteiger partial charge in [-0.2, -0.15) is 0 Å². The Labute approximate surface area is 87.4 Å². The Morgan fingerprint density at radius 3 is 3.00 bits per heavy atom. The van der Waals surface area contributed by atoms with Crippen molar-refractivity contribution in [2.75, 3.05) is 11.6 Å². The van der Waals surface area contributed by atoms with Crippen molar-refractivity contribution >= 4 is 23.7 Å². The highest BCUT2D eigenvalue weighted by Crippen LogP contribution is 2.18. The van der Waals surface area contributed by atoms with Crippen LogP contribution in [0.2, 0.25) is 0 Å². The molecule has 1 aromatic carbocycles. The molecule has 0 aliphatic carbocycles. The highest BCUT2D eigenvalue weighted by Gasteiger charge is 1.92. The van der Waals surface area contributed by atoms with E-state index < -0.39 is 0 Å². The summed E-state index contributed by atoms with van der Waals surface area (Å²) >= 11 is 1.66. The Bertz CT molecular complexity index is 350. The molecule has 0 atom stereocenters. The molecule has 0 unspecified atom stereocenters. The molecule has 0 saturated carbocycles. The van der Waals surface area contributed by atoms with Crippen molar-refractivity contribution < 1.29 is 4.79 Å². The highest BCUT2D eigenvalue weighted by atomic mass is 32.2. The lowest BCUT2D eigenvalue weighted by atomic mass is 10.3. The number of thioether (sulfide) groups is 1. The minimum Gasteiger partial charge on any atom is -0.395 e. The molecule has 0 bridgehead atoms. The van der Waals surface area contributed by atoms with Gasteiger partial charge in [-0.25, -0.2) is 0 Å². The summed E-state index contributed by atoms with van der Waals surface area (Å²) in [6.45, 7) is 0. The first-order chi connectivity index (χ1) is 6.76. The van der Waals surface area contributed by atoms with Crippen molar-refractivity contribution in [3.05, 3.63) is 36.2 Å². The molecule has 74 valence electrons. The van der Waals surface area contributed by atoms with Gasteiger partial charge in [-0.3, -0.25) is 4.79 Å². The summed E-state index contributed by atoms with van der Waals surface area (Å²) in [5.74, 6) is 0. The Morgan fingerprint density at radius 1 is 1.57 bits per heavy atom. The second-order valence-corrected chi connectivity index (χ2v) is 3.52. The lowest BCUT2D eigenvalue weighted by molar-refractivity contribution is -0.104. The van der Waals surface area contributed by atoms with Crippen molar-refractivity contribution in [1.82, 2.24) is 0 Å². The molecule has 0 amide bonds. The lowest BCUT2D eigenvalue weighted by Crippen LogP contribution is -2.01. The van der Waals surface area contributed by atoms with E-state index in [0.717, 1.165) is 10.6 Å². The van der Waals surface area contributed by atoms with Crippen molar-refractivity contribution in [1.29, 1.82) is 0 Å². The minimum atomic E-state index is 0.180. The molecular formula is C10H12N2OS. The second kappa shape index (κ2) is 5.34. The van der Waals surface area contributed by atoms with E-state index in [4.69, 9.17) is 5.73 Å². The van der Waals surface area contributed by atoms with Crippen LogP contribution in [0.25, 0.3) is 0 Å². The van der Waals surface area contributed by atoms with E-state index in [1.807, 2.05) is 30.5 Å². The van der Waals surface area contributed by atoms with Crippen LogP contribution in [0.4, 0.5) is 5.69 Å². The Morgan fingerprint density at radius 2 is 2.36 bits per heavy atom. The minimum absolute atomic E-state index is 0.180. The number of allylic oxidation sites excluding steroid dienone is 1. The number of nitrogens with two attached hydrogens (primary N) is 1. The third-order valence-corrected chi connectivity index (χ3v) is 2.34.